The molecule has 3 aromatic carbocycles. The van der Waals surface area contributed by atoms with Crippen LogP contribution >= 0.6 is 45.2 Å². The van der Waals surface area contributed by atoms with Gasteiger partial charge >= 0.3 is 0 Å². The Labute approximate surface area is 178 Å². The number of benzene rings is 3. The maximum atomic E-state index is 11.9. The van der Waals surface area contributed by atoms with Crippen LogP contribution in [0.25, 0.3) is 10.8 Å². The van der Waals surface area contributed by atoms with Gasteiger partial charge in [-0.15, -0.1) is 0 Å². The Bertz CT molecular complexity index is 990. The first-order valence-electron chi connectivity index (χ1n) is 7.75. The van der Waals surface area contributed by atoms with Gasteiger partial charge in [0.05, 0.1) is 16.3 Å². The van der Waals surface area contributed by atoms with E-state index < -0.39 is 0 Å². The Morgan fingerprint density at radius 2 is 1.85 bits per heavy atom. The number of hydrazone groups is 1. The van der Waals surface area contributed by atoms with Gasteiger partial charge in [-0.1, -0.05) is 30.3 Å². The number of fused-ring (bicyclic) bond motifs is 1. The fourth-order valence-electron chi connectivity index (χ4n) is 2.38. The van der Waals surface area contributed by atoms with Crippen molar-refractivity contribution in [1.82, 2.24) is 5.43 Å². The van der Waals surface area contributed by atoms with E-state index in [1.807, 2.05) is 48.5 Å². The predicted molar refractivity (Wildman–Crippen MR) is 122 cm³/mol. The molecule has 0 aliphatic carbocycles. The molecule has 3 aromatic rings. The molecule has 0 radical (unpaired) electrons. The van der Waals surface area contributed by atoms with Crippen LogP contribution in [0.15, 0.2) is 59.7 Å². The fourth-order valence-corrected chi connectivity index (χ4v) is 4.27. The van der Waals surface area contributed by atoms with Crippen LogP contribution in [0.2, 0.25) is 0 Å². The molecule has 26 heavy (non-hydrogen) atoms. The van der Waals surface area contributed by atoms with Crippen molar-refractivity contribution in [2.75, 3.05) is 11.9 Å². The molecule has 0 aromatic heterocycles. The Balaban J connectivity index is 1.57. The largest absolute Gasteiger partial charge is 0.506 e. The molecule has 0 atom stereocenters. The smallest absolute Gasteiger partial charge is 0.259 e. The second-order valence-corrected chi connectivity index (χ2v) is 7.94. The van der Waals surface area contributed by atoms with Crippen molar-refractivity contribution in [2.45, 2.75) is 0 Å². The van der Waals surface area contributed by atoms with Crippen molar-refractivity contribution in [3.63, 3.8) is 0 Å². The highest BCUT2D eigenvalue weighted by Crippen LogP contribution is 2.25. The highest BCUT2D eigenvalue weighted by atomic mass is 127. The molecule has 3 N–H and O–H groups in total. The van der Waals surface area contributed by atoms with E-state index in [-0.39, 0.29) is 18.2 Å². The number of carbonyl (C=O) groups excluding carboxylic acids is 1. The van der Waals surface area contributed by atoms with Crippen LogP contribution in [0, 0.1) is 7.14 Å². The molecular weight excluding hydrogens is 556 g/mol. The van der Waals surface area contributed by atoms with E-state index in [0.29, 0.717) is 5.56 Å². The van der Waals surface area contributed by atoms with Crippen LogP contribution in [0.1, 0.15) is 5.56 Å². The minimum Gasteiger partial charge on any atom is -0.506 e. The molecule has 0 saturated carbocycles. The monoisotopic (exact) mass is 571 g/mol. The molecule has 0 heterocycles. The van der Waals surface area contributed by atoms with Crippen molar-refractivity contribution in [1.29, 1.82) is 0 Å². The van der Waals surface area contributed by atoms with E-state index >= 15 is 0 Å². The Kier molecular flexibility index (Phi) is 6.30. The molecule has 0 saturated heterocycles. The third-order valence-corrected chi connectivity index (χ3v) is 5.10. The minimum atomic E-state index is -0.269. The third kappa shape index (κ3) is 4.85. The second-order valence-electron chi connectivity index (χ2n) is 5.53. The summed E-state index contributed by atoms with van der Waals surface area (Å²) in [5.41, 5.74) is 3.88. The highest BCUT2D eigenvalue weighted by molar-refractivity contribution is 14.1. The summed E-state index contributed by atoms with van der Waals surface area (Å²) >= 11 is 4.22. The van der Waals surface area contributed by atoms with Gasteiger partial charge in [-0.05, 0) is 80.2 Å². The van der Waals surface area contributed by atoms with Gasteiger partial charge in [0.2, 0.25) is 0 Å². The van der Waals surface area contributed by atoms with Crippen molar-refractivity contribution >= 4 is 73.8 Å². The van der Waals surface area contributed by atoms with Crippen molar-refractivity contribution in [3.05, 3.63) is 67.3 Å². The van der Waals surface area contributed by atoms with Gasteiger partial charge in [0, 0.05) is 14.8 Å². The number of aromatic hydroxyl groups is 1. The molecule has 0 bridgehead atoms. The normalized spacial score (nSPS) is 11.0. The number of anilines is 1. The van der Waals surface area contributed by atoms with E-state index in [9.17, 15) is 9.90 Å². The third-order valence-electron chi connectivity index (χ3n) is 3.65. The van der Waals surface area contributed by atoms with Gasteiger partial charge in [-0.2, -0.15) is 5.10 Å². The van der Waals surface area contributed by atoms with E-state index in [1.165, 1.54) is 6.21 Å². The second kappa shape index (κ2) is 8.67. The maximum Gasteiger partial charge on any atom is 0.259 e. The van der Waals surface area contributed by atoms with Crippen molar-refractivity contribution in [3.8, 4) is 5.75 Å². The lowest BCUT2D eigenvalue weighted by Crippen LogP contribution is -2.25. The van der Waals surface area contributed by atoms with Gasteiger partial charge in [0.25, 0.3) is 5.91 Å². The zero-order valence-electron chi connectivity index (χ0n) is 13.5. The first kappa shape index (κ1) is 18.9. The van der Waals surface area contributed by atoms with Crippen molar-refractivity contribution in [2.24, 2.45) is 5.10 Å². The van der Waals surface area contributed by atoms with E-state index in [4.69, 9.17) is 0 Å². The number of hydrogen-bond donors (Lipinski definition) is 3. The summed E-state index contributed by atoms with van der Waals surface area (Å²) in [7, 11) is 0. The molecular formula is C19H15I2N3O2. The first-order valence-corrected chi connectivity index (χ1v) is 9.91. The quantitative estimate of drug-likeness (QED) is 0.243. The number of rotatable bonds is 5. The van der Waals surface area contributed by atoms with Crippen LogP contribution in [-0.2, 0) is 4.79 Å². The molecule has 5 nitrogen and oxygen atoms in total. The predicted octanol–water partition coefficient (Wildman–Crippen LogP) is 4.32. The average molecular weight is 571 g/mol. The van der Waals surface area contributed by atoms with Crippen LogP contribution in [0.4, 0.5) is 5.69 Å². The topological polar surface area (TPSA) is 73.7 Å². The fraction of sp³-hybridized carbons (Fsp3) is 0.0526. The first-order chi connectivity index (χ1) is 12.5. The highest BCUT2D eigenvalue weighted by Gasteiger charge is 2.06. The zero-order valence-corrected chi connectivity index (χ0v) is 17.9. The Morgan fingerprint density at radius 3 is 2.65 bits per heavy atom. The molecule has 0 aliphatic rings. The van der Waals surface area contributed by atoms with Gasteiger partial charge in [0.1, 0.15) is 5.75 Å². The van der Waals surface area contributed by atoms with E-state index in [0.717, 1.165) is 23.6 Å². The number of carbonyl (C=O) groups is 1. The lowest BCUT2D eigenvalue weighted by atomic mass is 10.1. The zero-order chi connectivity index (χ0) is 18.5. The van der Waals surface area contributed by atoms with E-state index in [2.05, 4.69) is 61.0 Å². The average Bonchev–Trinajstić information content (AvgIpc) is 2.63. The van der Waals surface area contributed by atoms with Crippen molar-refractivity contribution < 1.29 is 9.90 Å². The summed E-state index contributed by atoms with van der Waals surface area (Å²) in [6.45, 7) is 0.103. The summed E-state index contributed by atoms with van der Waals surface area (Å²) < 4.78 is 1.72. The lowest BCUT2D eigenvalue weighted by Gasteiger charge is -2.07. The number of phenolic OH excluding ortho intramolecular Hbond substituents is 1. The number of halogens is 2. The number of phenols is 1. The molecule has 7 heteroatoms. The van der Waals surface area contributed by atoms with E-state index in [1.54, 1.807) is 6.07 Å². The Morgan fingerprint density at radius 1 is 1.08 bits per heavy atom. The molecule has 132 valence electrons. The molecule has 3 rings (SSSR count). The summed E-state index contributed by atoms with van der Waals surface area (Å²) in [6, 6.07) is 17.6. The maximum absolute atomic E-state index is 11.9. The summed E-state index contributed by atoms with van der Waals surface area (Å²) in [4.78, 5) is 11.9. The van der Waals surface area contributed by atoms with Gasteiger partial charge in [0.15, 0.2) is 0 Å². The van der Waals surface area contributed by atoms with Gasteiger partial charge < -0.3 is 10.4 Å². The number of hydrogen-bond acceptors (Lipinski definition) is 4. The lowest BCUT2D eigenvalue weighted by molar-refractivity contribution is -0.119. The van der Waals surface area contributed by atoms with Crippen LogP contribution in [-0.4, -0.2) is 23.8 Å². The van der Waals surface area contributed by atoms with Gasteiger partial charge in [-0.25, -0.2) is 5.43 Å². The summed E-state index contributed by atoms with van der Waals surface area (Å²) in [5, 5.41) is 19.3. The van der Waals surface area contributed by atoms with Gasteiger partial charge in [-0.3, -0.25) is 4.79 Å². The number of nitrogens with zero attached hydrogens (tertiary/aromatic N) is 1. The SMILES string of the molecule is O=C(CNc1ccc2ccccc2c1)N/N=C\c1cc(I)cc(I)c1O. The summed E-state index contributed by atoms with van der Waals surface area (Å²) in [6.07, 6.45) is 1.44. The Hall–Kier alpha value is -1.88. The standard InChI is InChI=1S/C19H15I2N3O2/c20-15-7-14(19(26)17(21)9-15)10-23-24-18(25)11-22-16-6-5-12-3-1-2-4-13(12)8-16/h1-10,22,26H,11H2,(H,24,25)/b23-10-. The molecule has 0 unspecified atom stereocenters. The molecule has 1 amide bonds. The molecule has 0 spiro atoms. The van der Waals surface area contributed by atoms with Crippen LogP contribution in [0.3, 0.4) is 0 Å². The van der Waals surface area contributed by atoms with Crippen LogP contribution < -0.4 is 10.7 Å². The number of nitrogens with one attached hydrogen (secondary N) is 2. The summed E-state index contributed by atoms with van der Waals surface area (Å²) in [5.74, 6) is -0.118. The number of amides is 1. The van der Waals surface area contributed by atoms with Crippen LogP contribution in [0.5, 0.6) is 5.75 Å². The minimum absolute atomic E-state index is 0.103. The molecule has 0 aliphatic heterocycles. The molecule has 0 fully saturated rings.